The highest BCUT2D eigenvalue weighted by Crippen LogP contribution is 2.22. The molecule has 2 aromatic rings. The third-order valence-electron chi connectivity index (χ3n) is 2.37. The molecule has 0 fully saturated rings. The van der Waals surface area contributed by atoms with Gasteiger partial charge in [-0.1, -0.05) is 6.07 Å². The maximum Gasteiger partial charge on any atom is 0.0757 e. The number of nitrogens with zero attached hydrogens (tertiary/aromatic N) is 1. The smallest absolute Gasteiger partial charge is 0.0757 e. The van der Waals surface area contributed by atoms with E-state index in [1.807, 2.05) is 26.1 Å². The molecule has 0 saturated carbocycles. The Bertz CT molecular complexity index is 423. The quantitative estimate of drug-likeness (QED) is 0.857. The zero-order valence-corrected chi connectivity index (χ0v) is 9.71. The SMILES string of the molecule is CNC(c1ccsc1)c1cccc(C)n1. The molecule has 0 aliphatic rings. The fourth-order valence-electron chi connectivity index (χ4n) is 1.65. The average Bonchev–Trinajstić information content (AvgIpc) is 2.72. The molecule has 0 aliphatic heterocycles. The highest BCUT2D eigenvalue weighted by molar-refractivity contribution is 7.08. The summed E-state index contributed by atoms with van der Waals surface area (Å²) >= 11 is 1.71. The van der Waals surface area contributed by atoms with Crippen molar-refractivity contribution in [2.45, 2.75) is 13.0 Å². The standard InChI is InChI=1S/C12H14N2S/c1-9-4-3-5-11(14-9)12(13-2)10-6-7-15-8-10/h3-8,12-13H,1-2H3. The zero-order valence-electron chi connectivity index (χ0n) is 8.90. The molecule has 2 aromatic heterocycles. The molecule has 0 spiro atoms. The second kappa shape index (κ2) is 4.55. The summed E-state index contributed by atoms with van der Waals surface area (Å²) in [5.41, 5.74) is 3.42. The van der Waals surface area contributed by atoms with Gasteiger partial charge in [-0.25, -0.2) is 0 Å². The van der Waals surface area contributed by atoms with Gasteiger partial charge in [0.05, 0.1) is 11.7 Å². The minimum Gasteiger partial charge on any atom is -0.308 e. The van der Waals surface area contributed by atoms with Crippen LogP contribution in [-0.2, 0) is 0 Å². The molecule has 1 atom stereocenters. The molecule has 0 amide bonds. The maximum atomic E-state index is 4.54. The van der Waals surface area contributed by atoms with Crippen LogP contribution in [0.5, 0.6) is 0 Å². The van der Waals surface area contributed by atoms with Crippen molar-refractivity contribution >= 4 is 11.3 Å². The molecule has 1 N–H and O–H groups in total. The van der Waals surface area contributed by atoms with Crippen molar-refractivity contribution < 1.29 is 0 Å². The molecule has 3 heteroatoms. The van der Waals surface area contributed by atoms with Crippen LogP contribution in [0.2, 0.25) is 0 Å². The minimum atomic E-state index is 0.205. The van der Waals surface area contributed by atoms with Gasteiger partial charge >= 0.3 is 0 Å². The largest absolute Gasteiger partial charge is 0.308 e. The van der Waals surface area contributed by atoms with Crippen LogP contribution in [-0.4, -0.2) is 12.0 Å². The molecule has 15 heavy (non-hydrogen) atoms. The van der Waals surface area contributed by atoms with Crippen LogP contribution in [0.25, 0.3) is 0 Å². The second-order valence-corrected chi connectivity index (χ2v) is 4.26. The molecule has 0 aliphatic carbocycles. The first kappa shape index (κ1) is 10.3. The van der Waals surface area contributed by atoms with Crippen molar-refractivity contribution in [1.29, 1.82) is 0 Å². The molecule has 0 saturated heterocycles. The van der Waals surface area contributed by atoms with Crippen molar-refractivity contribution in [3.8, 4) is 0 Å². The van der Waals surface area contributed by atoms with Crippen LogP contribution < -0.4 is 5.32 Å². The topological polar surface area (TPSA) is 24.9 Å². The molecule has 0 bridgehead atoms. The van der Waals surface area contributed by atoms with E-state index in [4.69, 9.17) is 0 Å². The number of aromatic nitrogens is 1. The third-order valence-corrected chi connectivity index (χ3v) is 3.07. The van der Waals surface area contributed by atoms with Gasteiger partial charge in [-0.3, -0.25) is 4.98 Å². The Morgan fingerprint density at radius 2 is 2.20 bits per heavy atom. The Balaban J connectivity index is 2.35. The Hall–Kier alpha value is -1.19. The van der Waals surface area contributed by atoms with Crippen molar-refractivity contribution in [1.82, 2.24) is 10.3 Å². The summed E-state index contributed by atoms with van der Waals surface area (Å²) in [6.45, 7) is 2.02. The van der Waals surface area contributed by atoms with Gasteiger partial charge in [-0.05, 0) is 48.5 Å². The number of rotatable bonds is 3. The average molecular weight is 218 g/mol. The van der Waals surface area contributed by atoms with Crippen LogP contribution >= 0.6 is 11.3 Å². The van der Waals surface area contributed by atoms with Gasteiger partial charge in [0, 0.05) is 5.69 Å². The van der Waals surface area contributed by atoms with E-state index in [9.17, 15) is 0 Å². The summed E-state index contributed by atoms with van der Waals surface area (Å²) in [5, 5.41) is 7.54. The summed E-state index contributed by atoms with van der Waals surface area (Å²) in [6, 6.07) is 8.47. The Labute approximate surface area is 94.0 Å². The number of pyridine rings is 1. The van der Waals surface area contributed by atoms with Crippen LogP contribution in [0.4, 0.5) is 0 Å². The molecule has 0 radical (unpaired) electrons. The first-order valence-electron chi connectivity index (χ1n) is 4.94. The number of hydrogen-bond donors (Lipinski definition) is 1. The predicted octanol–water partition coefficient (Wildman–Crippen LogP) is 2.76. The lowest BCUT2D eigenvalue weighted by Gasteiger charge is -2.14. The van der Waals surface area contributed by atoms with Crippen molar-refractivity contribution in [2.24, 2.45) is 0 Å². The third kappa shape index (κ3) is 2.25. The Kier molecular flexibility index (Phi) is 3.14. The van der Waals surface area contributed by atoms with E-state index in [1.165, 1.54) is 5.56 Å². The molecule has 0 aromatic carbocycles. The van der Waals surface area contributed by atoms with Gasteiger partial charge < -0.3 is 5.32 Å². The minimum absolute atomic E-state index is 0.205. The fraction of sp³-hybridized carbons (Fsp3) is 0.250. The number of aryl methyl sites for hydroxylation is 1. The summed E-state index contributed by atoms with van der Waals surface area (Å²) in [4.78, 5) is 4.54. The lowest BCUT2D eigenvalue weighted by molar-refractivity contribution is 0.671. The van der Waals surface area contributed by atoms with Crippen molar-refractivity contribution in [3.05, 3.63) is 52.0 Å². The van der Waals surface area contributed by atoms with E-state index in [0.29, 0.717) is 0 Å². The number of nitrogens with one attached hydrogen (secondary N) is 1. The molecular weight excluding hydrogens is 204 g/mol. The first-order valence-corrected chi connectivity index (χ1v) is 5.88. The van der Waals surface area contributed by atoms with E-state index in [-0.39, 0.29) is 6.04 Å². The lowest BCUT2D eigenvalue weighted by atomic mass is 10.1. The van der Waals surface area contributed by atoms with E-state index in [1.54, 1.807) is 11.3 Å². The lowest BCUT2D eigenvalue weighted by Crippen LogP contribution is -2.18. The van der Waals surface area contributed by atoms with Crippen LogP contribution in [0.3, 0.4) is 0 Å². The van der Waals surface area contributed by atoms with E-state index in [0.717, 1.165) is 11.4 Å². The molecule has 78 valence electrons. The Morgan fingerprint density at radius 3 is 2.80 bits per heavy atom. The fourth-order valence-corrected chi connectivity index (χ4v) is 2.34. The zero-order chi connectivity index (χ0) is 10.7. The summed E-state index contributed by atoms with van der Waals surface area (Å²) in [6.07, 6.45) is 0. The normalized spacial score (nSPS) is 12.7. The van der Waals surface area contributed by atoms with Gasteiger partial charge in [0.1, 0.15) is 0 Å². The Morgan fingerprint density at radius 1 is 1.33 bits per heavy atom. The van der Waals surface area contributed by atoms with Gasteiger partial charge in [-0.2, -0.15) is 11.3 Å². The van der Waals surface area contributed by atoms with Gasteiger partial charge in [0.2, 0.25) is 0 Å². The van der Waals surface area contributed by atoms with Gasteiger partial charge in [-0.15, -0.1) is 0 Å². The highest BCUT2D eigenvalue weighted by Gasteiger charge is 2.13. The van der Waals surface area contributed by atoms with Crippen LogP contribution in [0.1, 0.15) is 23.0 Å². The second-order valence-electron chi connectivity index (χ2n) is 3.48. The van der Waals surface area contributed by atoms with Crippen LogP contribution in [0, 0.1) is 6.92 Å². The summed E-state index contributed by atoms with van der Waals surface area (Å²) in [7, 11) is 1.96. The molecule has 2 nitrogen and oxygen atoms in total. The summed E-state index contributed by atoms with van der Waals surface area (Å²) < 4.78 is 0. The first-order chi connectivity index (χ1) is 7.31. The monoisotopic (exact) mass is 218 g/mol. The van der Waals surface area contributed by atoms with Crippen molar-refractivity contribution in [2.75, 3.05) is 7.05 Å². The maximum absolute atomic E-state index is 4.54. The predicted molar refractivity (Wildman–Crippen MR) is 64.2 cm³/mol. The van der Waals surface area contributed by atoms with E-state index >= 15 is 0 Å². The molecule has 1 unspecified atom stereocenters. The number of hydrogen-bond acceptors (Lipinski definition) is 3. The molecule has 2 heterocycles. The van der Waals surface area contributed by atoms with E-state index < -0.39 is 0 Å². The highest BCUT2D eigenvalue weighted by atomic mass is 32.1. The van der Waals surface area contributed by atoms with Crippen LogP contribution in [0.15, 0.2) is 35.0 Å². The van der Waals surface area contributed by atoms with E-state index in [2.05, 4.69) is 33.2 Å². The van der Waals surface area contributed by atoms with Gasteiger partial charge in [0.15, 0.2) is 0 Å². The molecule has 2 rings (SSSR count). The summed E-state index contributed by atoms with van der Waals surface area (Å²) in [5.74, 6) is 0. The molecular formula is C12H14N2S. The van der Waals surface area contributed by atoms with Gasteiger partial charge in [0.25, 0.3) is 0 Å². The number of thiophene rings is 1. The van der Waals surface area contributed by atoms with Crippen molar-refractivity contribution in [3.63, 3.8) is 0 Å².